The molecule has 2 aromatic rings. The third-order valence-corrected chi connectivity index (χ3v) is 6.39. The minimum atomic E-state index is -0.913. The van der Waals surface area contributed by atoms with Crippen molar-refractivity contribution >= 4 is 5.91 Å². The number of likely N-dealkylation sites (tertiary alicyclic amines) is 1. The Kier molecular flexibility index (Phi) is 6.46. The molecule has 162 valence electrons. The first-order valence-electron chi connectivity index (χ1n) is 11.1. The van der Waals surface area contributed by atoms with Crippen molar-refractivity contribution in [2.24, 2.45) is 0 Å². The highest BCUT2D eigenvalue weighted by Crippen LogP contribution is 2.28. The fourth-order valence-corrected chi connectivity index (χ4v) is 4.67. The third kappa shape index (κ3) is 4.41. The second-order valence-corrected chi connectivity index (χ2v) is 8.48. The zero-order valence-electron chi connectivity index (χ0n) is 17.6. The average Bonchev–Trinajstić information content (AvgIpc) is 3.34. The van der Waals surface area contributed by atoms with E-state index in [0.717, 1.165) is 62.0 Å². The molecule has 1 atom stereocenters. The summed E-state index contributed by atoms with van der Waals surface area (Å²) >= 11 is 0. The molecule has 2 aliphatic rings. The number of amides is 1. The van der Waals surface area contributed by atoms with Gasteiger partial charge in [0.2, 0.25) is 0 Å². The molecule has 7 heteroatoms. The molecule has 5 nitrogen and oxygen atoms in total. The van der Waals surface area contributed by atoms with Crippen molar-refractivity contribution in [1.82, 2.24) is 20.0 Å². The van der Waals surface area contributed by atoms with E-state index in [1.165, 1.54) is 31.9 Å². The van der Waals surface area contributed by atoms with Gasteiger partial charge in [-0.25, -0.2) is 13.5 Å². The van der Waals surface area contributed by atoms with Gasteiger partial charge in [-0.1, -0.05) is 6.42 Å². The van der Waals surface area contributed by atoms with E-state index in [1.54, 1.807) is 4.68 Å². The molecule has 1 amide bonds. The van der Waals surface area contributed by atoms with Crippen LogP contribution in [-0.2, 0) is 12.8 Å². The Labute approximate surface area is 176 Å². The van der Waals surface area contributed by atoms with Crippen molar-refractivity contribution < 1.29 is 13.6 Å². The minimum absolute atomic E-state index is 0.180. The zero-order valence-corrected chi connectivity index (χ0v) is 17.6. The summed E-state index contributed by atoms with van der Waals surface area (Å²) < 4.78 is 28.6. The molecule has 1 fully saturated rings. The molecular formula is C23H30F2N4O. The van der Waals surface area contributed by atoms with Crippen LogP contribution < -0.4 is 5.32 Å². The van der Waals surface area contributed by atoms with E-state index in [4.69, 9.17) is 0 Å². The van der Waals surface area contributed by atoms with Gasteiger partial charge in [0.1, 0.15) is 0 Å². The Hall–Kier alpha value is -2.28. The molecular weight excluding hydrogens is 386 g/mol. The lowest BCUT2D eigenvalue weighted by molar-refractivity contribution is 0.0945. The van der Waals surface area contributed by atoms with Crippen molar-refractivity contribution in [3.63, 3.8) is 0 Å². The molecule has 0 spiro atoms. The van der Waals surface area contributed by atoms with Gasteiger partial charge in [0.25, 0.3) is 5.91 Å². The number of hydrogen-bond donors (Lipinski definition) is 1. The largest absolute Gasteiger partial charge is 0.351 e. The monoisotopic (exact) mass is 416 g/mol. The van der Waals surface area contributed by atoms with Gasteiger partial charge in [0.05, 0.1) is 5.69 Å². The molecule has 0 saturated carbocycles. The van der Waals surface area contributed by atoms with Gasteiger partial charge in [0.15, 0.2) is 17.3 Å². The molecule has 1 saturated heterocycles. The molecule has 4 rings (SSSR count). The summed E-state index contributed by atoms with van der Waals surface area (Å²) in [6.07, 6.45) is 8.39. The summed E-state index contributed by atoms with van der Waals surface area (Å²) in [6.45, 7) is 5.18. The Morgan fingerprint density at radius 2 is 2.03 bits per heavy atom. The van der Waals surface area contributed by atoms with Gasteiger partial charge in [-0.05, 0) is 77.1 Å². The summed E-state index contributed by atoms with van der Waals surface area (Å²) in [6, 6.07) is 4.38. The van der Waals surface area contributed by atoms with Crippen LogP contribution in [0, 0.1) is 11.6 Å². The Bertz CT molecular complexity index is 911. The van der Waals surface area contributed by atoms with Gasteiger partial charge < -0.3 is 10.2 Å². The van der Waals surface area contributed by atoms with Crippen LogP contribution >= 0.6 is 0 Å². The molecule has 1 unspecified atom stereocenters. The lowest BCUT2D eigenvalue weighted by Crippen LogP contribution is -2.38. The van der Waals surface area contributed by atoms with Gasteiger partial charge in [-0.2, -0.15) is 5.10 Å². The Morgan fingerprint density at radius 1 is 1.17 bits per heavy atom. The van der Waals surface area contributed by atoms with Crippen LogP contribution in [0.3, 0.4) is 0 Å². The topological polar surface area (TPSA) is 50.2 Å². The number of carbonyl (C=O) groups is 1. The van der Waals surface area contributed by atoms with Crippen molar-refractivity contribution in [2.75, 3.05) is 19.6 Å². The first-order valence-corrected chi connectivity index (χ1v) is 11.1. The molecule has 1 aromatic heterocycles. The summed E-state index contributed by atoms with van der Waals surface area (Å²) in [5.74, 6) is -1.98. The summed E-state index contributed by atoms with van der Waals surface area (Å²) in [5, 5.41) is 7.46. The Balaban J connectivity index is 1.36. The van der Waals surface area contributed by atoms with E-state index < -0.39 is 11.6 Å². The van der Waals surface area contributed by atoms with E-state index in [1.807, 2.05) is 0 Å². The number of nitrogens with zero attached hydrogens (tertiary/aromatic N) is 3. The van der Waals surface area contributed by atoms with E-state index in [0.29, 0.717) is 24.0 Å². The summed E-state index contributed by atoms with van der Waals surface area (Å²) in [5.41, 5.74) is 2.71. The highest BCUT2D eigenvalue weighted by Gasteiger charge is 2.27. The maximum atomic E-state index is 13.7. The van der Waals surface area contributed by atoms with Crippen molar-refractivity contribution in [2.45, 2.75) is 64.3 Å². The zero-order chi connectivity index (χ0) is 21.1. The number of unbranched alkanes of at least 4 members (excludes halogenated alkanes) is 1. The van der Waals surface area contributed by atoms with Crippen LogP contribution in [0.2, 0.25) is 0 Å². The highest BCUT2D eigenvalue weighted by atomic mass is 19.2. The maximum Gasteiger partial charge on any atom is 0.272 e. The first-order chi connectivity index (χ1) is 14.5. The predicted octanol–water partition coefficient (Wildman–Crippen LogP) is 4.02. The molecule has 1 N–H and O–H groups in total. The lowest BCUT2D eigenvalue weighted by atomic mass is 10.0. The van der Waals surface area contributed by atoms with Crippen LogP contribution in [0.4, 0.5) is 8.78 Å². The second-order valence-electron chi connectivity index (χ2n) is 8.48. The summed E-state index contributed by atoms with van der Waals surface area (Å²) in [4.78, 5) is 15.3. The maximum absolute atomic E-state index is 13.7. The number of hydrogen-bond acceptors (Lipinski definition) is 3. The first kappa shape index (κ1) is 21.0. The van der Waals surface area contributed by atoms with Gasteiger partial charge >= 0.3 is 0 Å². The SMILES string of the molecule is CC1CCCCN1CCCCNC(=O)c1nn(-c2ccc(F)c(F)c2)c2c1CCC2. The number of nitrogens with one attached hydrogen (secondary N) is 1. The molecule has 0 radical (unpaired) electrons. The number of aromatic nitrogens is 2. The van der Waals surface area contributed by atoms with Crippen LogP contribution in [-0.4, -0.2) is 46.3 Å². The molecule has 1 aliphatic carbocycles. The van der Waals surface area contributed by atoms with E-state index in [2.05, 4.69) is 22.2 Å². The average molecular weight is 417 g/mol. The van der Waals surface area contributed by atoms with Crippen LogP contribution in [0.5, 0.6) is 0 Å². The number of benzene rings is 1. The summed E-state index contributed by atoms with van der Waals surface area (Å²) in [7, 11) is 0. The standard InChI is InChI=1S/C23H30F2N4O/c1-16-7-2-4-13-28(16)14-5-3-12-26-23(30)22-18-8-6-9-21(18)29(27-22)17-10-11-19(24)20(25)15-17/h10-11,15-16H,2-9,12-14H2,1H3,(H,26,30). The van der Waals surface area contributed by atoms with Crippen LogP contribution in [0.15, 0.2) is 18.2 Å². The third-order valence-electron chi connectivity index (χ3n) is 6.39. The fraction of sp³-hybridized carbons (Fsp3) is 0.565. The van der Waals surface area contributed by atoms with Gasteiger partial charge in [-0.3, -0.25) is 4.79 Å². The van der Waals surface area contributed by atoms with E-state index in [-0.39, 0.29) is 5.91 Å². The van der Waals surface area contributed by atoms with Crippen molar-refractivity contribution in [3.05, 3.63) is 46.8 Å². The van der Waals surface area contributed by atoms with Crippen LogP contribution in [0.25, 0.3) is 5.69 Å². The lowest BCUT2D eigenvalue weighted by Gasteiger charge is -2.33. The van der Waals surface area contributed by atoms with Crippen molar-refractivity contribution in [3.8, 4) is 5.69 Å². The second kappa shape index (κ2) is 9.25. The smallest absolute Gasteiger partial charge is 0.272 e. The van der Waals surface area contributed by atoms with Crippen LogP contribution in [0.1, 0.15) is 67.2 Å². The van der Waals surface area contributed by atoms with E-state index >= 15 is 0 Å². The Morgan fingerprint density at radius 3 is 2.83 bits per heavy atom. The number of fused-ring (bicyclic) bond motifs is 1. The number of piperidine rings is 1. The molecule has 2 heterocycles. The molecule has 1 aliphatic heterocycles. The number of rotatable bonds is 7. The highest BCUT2D eigenvalue weighted by molar-refractivity contribution is 5.94. The number of halogens is 2. The van der Waals surface area contributed by atoms with Gasteiger partial charge in [0, 0.05) is 29.9 Å². The van der Waals surface area contributed by atoms with Crippen molar-refractivity contribution in [1.29, 1.82) is 0 Å². The van der Waals surface area contributed by atoms with E-state index in [9.17, 15) is 13.6 Å². The quantitative estimate of drug-likeness (QED) is 0.694. The normalized spacial score (nSPS) is 19.1. The molecule has 0 bridgehead atoms. The molecule has 30 heavy (non-hydrogen) atoms. The molecule has 1 aromatic carbocycles. The predicted molar refractivity (Wildman–Crippen MR) is 112 cm³/mol. The number of carbonyl (C=O) groups excluding carboxylic acids is 1. The van der Waals surface area contributed by atoms with Gasteiger partial charge in [-0.15, -0.1) is 0 Å². The fourth-order valence-electron chi connectivity index (χ4n) is 4.67. The minimum Gasteiger partial charge on any atom is -0.351 e.